The first kappa shape index (κ1) is 20.2. The summed E-state index contributed by atoms with van der Waals surface area (Å²) in [5.41, 5.74) is 3.05. The van der Waals surface area contributed by atoms with Gasteiger partial charge in [-0.25, -0.2) is 0 Å². The van der Waals surface area contributed by atoms with Gasteiger partial charge in [-0.2, -0.15) is 0 Å². The summed E-state index contributed by atoms with van der Waals surface area (Å²) in [7, 11) is 0. The van der Waals surface area contributed by atoms with Crippen molar-refractivity contribution >= 4 is 34.8 Å². The van der Waals surface area contributed by atoms with Crippen LogP contribution in [0.1, 0.15) is 48.0 Å². The molecular formula is C22H26ClN3O2. The fourth-order valence-corrected chi connectivity index (χ4v) is 3.49. The predicted octanol–water partition coefficient (Wildman–Crippen LogP) is 4.76. The molecule has 2 aromatic rings. The van der Waals surface area contributed by atoms with Crippen LogP contribution in [0.5, 0.6) is 0 Å². The van der Waals surface area contributed by atoms with Crippen LogP contribution in [0.3, 0.4) is 0 Å². The number of nitrogens with one attached hydrogen (secondary N) is 3. The summed E-state index contributed by atoms with van der Waals surface area (Å²) >= 11 is 6.09. The molecule has 148 valence electrons. The van der Waals surface area contributed by atoms with Crippen LogP contribution < -0.4 is 16.0 Å². The molecule has 0 radical (unpaired) electrons. The summed E-state index contributed by atoms with van der Waals surface area (Å²) in [5.74, 6) is -0.223. The lowest BCUT2D eigenvalue weighted by atomic mass is 9.95. The lowest BCUT2D eigenvalue weighted by Gasteiger charge is -2.22. The van der Waals surface area contributed by atoms with Crippen molar-refractivity contribution in [1.29, 1.82) is 0 Å². The highest BCUT2D eigenvalue weighted by Gasteiger charge is 2.16. The molecule has 0 heterocycles. The largest absolute Gasteiger partial charge is 0.376 e. The smallest absolute Gasteiger partial charge is 0.251 e. The molecule has 0 aliphatic heterocycles. The van der Waals surface area contributed by atoms with E-state index in [2.05, 4.69) is 16.0 Å². The average Bonchev–Trinajstić information content (AvgIpc) is 2.70. The summed E-state index contributed by atoms with van der Waals surface area (Å²) in [6.07, 6.45) is 5.72. The molecule has 1 aliphatic rings. The number of anilines is 2. The average molecular weight is 400 g/mol. The van der Waals surface area contributed by atoms with Gasteiger partial charge in [0.05, 0.1) is 6.54 Å². The summed E-state index contributed by atoms with van der Waals surface area (Å²) in [4.78, 5) is 24.5. The third-order valence-electron chi connectivity index (χ3n) is 5.00. The van der Waals surface area contributed by atoms with Crippen molar-refractivity contribution in [3.8, 4) is 0 Å². The van der Waals surface area contributed by atoms with Crippen molar-refractivity contribution in [2.75, 3.05) is 17.2 Å². The Morgan fingerprint density at radius 2 is 1.68 bits per heavy atom. The zero-order valence-corrected chi connectivity index (χ0v) is 16.8. The monoisotopic (exact) mass is 399 g/mol. The highest BCUT2D eigenvalue weighted by atomic mass is 35.5. The van der Waals surface area contributed by atoms with Crippen LogP contribution in [0.4, 0.5) is 11.4 Å². The molecule has 0 atom stereocenters. The molecule has 28 heavy (non-hydrogen) atoms. The van der Waals surface area contributed by atoms with Gasteiger partial charge in [0, 0.05) is 28.0 Å². The lowest BCUT2D eigenvalue weighted by molar-refractivity contribution is -0.114. The van der Waals surface area contributed by atoms with Crippen LogP contribution in [0.15, 0.2) is 42.5 Å². The summed E-state index contributed by atoms with van der Waals surface area (Å²) < 4.78 is 0. The van der Waals surface area contributed by atoms with Gasteiger partial charge in [0.25, 0.3) is 5.91 Å². The first-order valence-corrected chi connectivity index (χ1v) is 10.1. The maximum absolute atomic E-state index is 12.3. The van der Waals surface area contributed by atoms with Gasteiger partial charge in [0.15, 0.2) is 0 Å². The Morgan fingerprint density at radius 3 is 2.36 bits per heavy atom. The maximum Gasteiger partial charge on any atom is 0.251 e. The molecular weight excluding hydrogens is 374 g/mol. The van der Waals surface area contributed by atoms with Crippen molar-refractivity contribution < 1.29 is 9.59 Å². The fraction of sp³-hybridized carbons (Fsp3) is 0.364. The van der Waals surface area contributed by atoms with E-state index >= 15 is 0 Å². The quantitative estimate of drug-likeness (QED) is 0.655. The number of carbonyl (C=O) groups excluding carboxylic acids is 2. The van der Waals surface area contributed by atoms with Crippen molar-refractivity contribution in [2.45, 2.75) is 45.1 Å². The highest BCUT2D eigenvalue weighted by molar-refractivity contribution is 6.31. The molecule has 0 saturated heterocycles. The van der Waals surface area contributed by atoms with Gasteiger partial charge in [-0.05, 0) is 61.7 Å². The van der Waals surface area contributed by atoms with Crippen molar-refractivity contribution in [3.05, 3.63) is 58.6 Å². The van der Waals surface area contributed by atoms with E-state index in [4.69, 9.17) is 11.6 Å². The standard InChI is InChI=1S/C22H26ClN3O2/c1-15-7-10-19(13-20(15)23)24-14-21(27)25-18-11-8-16(9-12-18)22(28)26-17-5-3-2-4-6-17/h7-13,17,24H,2-6,14H2,1H3,(H,25,27)(H,26,28). The Balaban J connectivity index is 1.48. The van der Waals surface area contributed by atoms with E-state index in [1.807, 2.05) is 19.1 Å². The van der Waals surface area contributed by atoms with E-state index in [9.17, 15) is 9.59 Å². The lowest BCUT2D eigenvalue weighted by Crippen LogP contribution is -2.36. The third-order valence-corrected chi connectivity index (χ3v) is 5.40. The summed E-state index contributed by atoms with van der Waals surface area (Å²) in [5, 5.41) is 9.62. The second kappa shape index (κ2) is 9.60. The van der Waals surface area contributed by atoms with Crippen molar-refractivity contribution in [3.63, 3.8) is 0 Å². The van der Waals surface area contributed by atoms with Crippen molar-refractivity contribution in [1.82, 2.24) is 5.32 Å². The molecule has 0 spiro atoms. The first-order chi connectivity index (χ1) is 13.5. The molecule has 1 fully saturated rings. The third kappa shape index (κ3) is 5.73. The van der Waals surface area contributed by atoms with Gasteiger partial charge in [-0.1, -0.05) is 36.9 Å². The second-order valence-corrected chi connectivity index (χ2v) is 7.66. The Bertz CT molecular complexity index is 830. The number of carbonyl (C=O) groups is 2. The Hall–Kier alpha value is -2.53. The normalized spacial score (nSPS) is 14.4. The van der Waals surface area contributed by atoms with E-state index in [0.717, 1.165) is 24.1 Å². The maximum atomic E-state index is 12.3. The number of halogens is 1. The minimum Gasteiger partial charge on any atom is -0.376 e. The molecule has 6 heteroatoms. The van der Waals surface area contributed by atoms with Crippen molar-refractivity contribution in [2.24, 2.45) is 0 Å². The number of benzene rings is 2. The Labute approximate surface area is 170 Å². The van der Waals surface area contributed by atoms with Crippen LogP contribution in [0, 0.1) is 6.92 Å². The molecule has 1 aliphatic carbocycles. The fourth-order valence-electron chi connectivity index (χ4n) is 3.31. The van der Waals surface area contributed by atoms with Gasteiger partial charge < -0.3 is 16.0 Å². The number of hydrogen-bond acceptors (Lipinski definition) is 3. The van der Waals surface area contributed by atoms with Crippen LogP contribution in [-0.4, -0.2) is 24.4 Å². The minimum absolute atomic E-state index is 0.0531. The zero-order valence-electron chi connectivity index (χ0n) is 16.1. The van der Waals surface area contributed by atoms with E-state index in [1.165, 1.54) is 19.3 Å². The van der Waals surface area contributed by atoms with E-state index in [-0.39, 0.29) is 24.4 Å². The van der Waals surface area contributed by atoms with Crippen LogP contribution in [0.2, 0.25) is 5.02 Å². The van der Waals surface area contributed by atoms with Crippen LogP contribution in [0.25, 0.3) is 0 Å². The first-order valence-electron chi connectivity index (χ1n) is 9.72. The van der Waals surface area contributed by atoms with Crippen LogP contribution >= 0.6 is 11.6 Å². The number of rotatable bonds is 6. The Morgan fingerprint density at radius 1 is 1.00 bits per heavy atom. The van der Waals surface area contributed by atoms with E-state index in [0.29, 0.717) is 16.3 Å². The molecule has 0 aromatic heterocycles. The zero-order chi connectivity index (χ0) is 19.9. The molecule has 1 saturated carbocycles. The highest BCUT2D eigenvalue weighted by Crippen LogP contribution is 2.20. The molecule has 0 unspecified atom stereocenters. The number of amides is 2. The van der Waals surface area contributed by atoms with Crippen LogP contribution in [-0.2, 0) is 4.79 Å². The second-order valence-electron chi connectivity index (χ2n) is 7.25. The molecule has 3 N–H and O–H groups in total. The molecule has 3 rings (SSSR count). The molecule has 2 aromatic carbocycles. The van der Waals surface area contributed by atoms with Gasteiger partial charge in [0.1, 0.15) is 0 Å². The molecule has 2 amide bonds. The SMILES string of the molecule is Cc1ccc(NCC(=O)Nc2ccc(C(=O)NC3CCCCC3)cc2)cc1Cl. The van der Waals surface area contributed by atoms with Gasteiger partial charge in [0.2, 0.25) is 5.91 Å². The molecule has 5 nitrogen and oxygen atoms in total. The van der Waals surface area contributed by atoms with Gasteiger partial charge in [-0.3, -0.25) is 9.59 Å². The summed E-state index contributed by atoms with van der Waals surface area (Å²) in [6, 6.07) is 12.8. The van der Waals surface area contributed by atoms with Gasteiger partial charge in [-0.15, -0.1) is 0 Å². The molecule has 0 bridgehead atoms. The van der Waals surface area contributed by atoms with E-state index in [1.54, 1.807) is 30.3 Å². The number of aryl methyl sites for hydroxylation is 1. The minimum atomic E-state index is -0.170. The predicted molar refractivity (Wildman–Crippen MR) is 114 cm³/mol. The topological polar surface area (TPSA) is 70.2 Å². The van der Waals surface area contributed by atoms with Gasteiger partial charge >= 0.3 is 0 Å². The Kier molecular flexibility index (Phi) is 6.93. The summed E-state index contributed by atoms with van der Waals surface area (Å²) in [6.45, 7) is 2.06. The number of hydrogen-bond donors (Lipinski definition) is 3. The van der Waals surface area contributed by atoms with E-state index < -0.39 is 0 Å².